The number of carbonyl (C=O) groups excluding carboxylic acids is 1. The molecule has 6 nitrogen and oxygen atoms in total. The molecule has 3 rings (SSSR count). The monoisotopic (exact) mass is 487 g/mol. The van der Waals surface area contributed by atoms with Crippen molar-refractivity contribution in [2.24, 2.45) is 0 Å². The first-order chi connectivity index (χ1) is 12.8. The molecule has 0 radical (unpaired) electrons. The van der Waals surface area contributed by atoms with Crippen molar-refractivity contribution in [1.82, 2.24) is 4.98 Å². The molecule has 3 aromatic rings. The van der Waals surface area contributed by atoms with Gasteiger partial charge in [-0.2, -0.15) is 0 Å². The van der Waals surface area contributed by atoms with E-state index in [-0.39, 0.29) is 20.8 Å². The molecule has 27 heavy (non-hydrogen) atoms. The number of aromatic amines is 1. The quantitative estimate of drug-likeness (QED) is 0.464. The topological polar surface area (TPSA) is 91.1 Å². The molecular formula is C17H12BrCl2N3O3S. The molecule has 1 heterocycles. The van der Waals surface area contributed by atoms with Gasteiger partial charge in [-0.3, -0.25) is 9.52 Å². The van der Waals surface area contributed by atoms with Crippen molar-refractivity contribution in [3.05, 3.63) is 74.9 Å². The minimum atomic E-state index is -3.96. The van der Waals surface area contributed by atoms with Gasteiger partial charge >= 0.3 is 0 Å². The summed E-state index contributed by atoms with van der Waals surface area (Å²) < 4.78 is 28.2. The van der Waals surface area contributed by atoms with E-state index in [2.05, 4.69) is 31.0 Å². The average Bonchev–Trinajstić information content (AvgIpc) is 3.02. The summed E-state index contributed by atoms with van der Waals surface area (Å²) in [5.74, 6) is -0.322. The normalized spacial score (nSPS) is 11.2. The highest BCUT2D eigenvalue weighted by Gasteiger charge is 2.21. The van der Waals surface area contributed by atoms with Crippen LogP contribution in [-0.4, -0.2) is 19.3 Å². The first kappa shape index (κ1) is 19.8. The van der Waals surface area contributed by atoms with E-state index in [9.17, 15) is 13.2 Å². The molecule has 0 saturated heterocycles. The van der Waals surface area contributed by atoms with Gasteiger partial charge in [0.05, 0.1) is 10.0 Å². The number of carbonyl (C=O) groups is 1. The minimum Gasteiger partial charge on any atom is -0.356 e. The molecule has 3 N–H and O–H groups in total. The molecular weight excluding hydrogens is 477 g/mol. The number of sulfonamides is 1. The number of H-pyrrole nitrogens is 1. The summed E-state index contributed by atoms with van der Waals surface area (Å²) in [5, 5.41) is 2.75. The van der Waals surface area contributed by atoms with Crippen LogP contribution in [0.1, 0.15) is 10.5 Å². The van der Waals surface area contributed by atoms with E-state index in [0.717, 1.165) is 4.47 Å². The molecule has 1 aromatic heterocycles. The molecule has 0 spiro atoms. The third kappa shape index (κ3) is 4.65. The van der Waals surface area contributed by atoms with Gasteiger partial charge in [0.2, 0.25) is 0 Å². The third-order valence-corrected chi connectivity index (χ3v) is 6.27. The van der Waals surface area contributed by atoms with Crippen LogP contribution >= 0.6 is 39.1 Å². The highest BCUT2D eigenvalue weighted by molar-refractivity contribution is 9.10. The van der Waals surface area contributed by atoms with E-state index in [1.807, 2.05) is 0 Å². The summed E-state index contributed by atoms with van der Waals surface area (Å²) in [5.41, 5.74) is 1.19. The summed E-state index contributed by atoms with van der Waals surface area (Å²) in [7, 11) is -3.96. The Morgan fingerprint density at radius 3 is 2.15 bits per heavy atom. The Hall–Kier alpha value is -2.00. The number of aromatic nitrogens is 1. The molecule has 140 valence electrons. The fourth-order valence-electron chi connectivity index (χ4n) is 2.26. The van der Waals surface area contributed by atoms with Crippen LogP contribution in [0.2, 0.25) is 10.0 Å². The molecule has 2 aromatic carbocycles. The lowest BCUT2D eigenvalue weighted by Crippen LogP contribution is -2.14. The van der Waals surface area contributed by atoms with Gasteiger partial charge in [-0.15, -0.1) is 0 Å². The Bertz CT molecular complexity index is 1080. The highest BCUT2D eigenvalue weighted by atomic mass is 79.9. The Balaban J connectivity index is 1.75. The summed E-state index contributed by atoms with van der Waals surface area (Å²) in [6.45, 7) is 0. The number of amides is 1. The Labute approximate surface area is 174 Å². The van der Waals surface area contributed by atoms with E-state index >= 15 is 0 Å². The number of hydrogen-bond donors (Lipinski definition) is 3. The third-order valence-electron chi connectivity index (χ3n) is 3.48. The van der Waals surface area contributed by atoms with Crippen molar-refractivity contribution in [2.75, 3.05) is 10.0 Å². The lowest BCUT2D eigenvalue weighted by molar-refractivity contribution is 0.102. The fourth-order valence-corrected chi connectivity index (χ4v) is 4.81. The Morgan fingerprint density at radius 1 is 1.00 bits per heavy atom. The van der Waals surface area contributed by atoms with Gasteiger partial charge in [0.1, 0.15) is 10.6 Å². The lowest BCUT2D eigenvalue weighted by atomic mass is 10.3. The first-order valence-corrected chi connectivity index (χ1v) is 10.5. The number of halogens is 3. The maximum Gasteiger partial charge on any atom is 0.272 e. The molecule has 0 fully saturated rings. The van der Waals surface area contributed by atoms with Crippen LogP contribution in [0, 0.1) is 0 Å². The Morgan fingerprint density at radius 2 is 1.59 bits per heavy atom. The molecule has 1 amide bonds. The molecule has 0 aliphatic rings. The molecule has 0 atom stereocenters. The Kier molecular flexibility index (Phi) is 5.81. The smallest absolute Gasteiger partial charge is 0.272 e. The van der Waals surface area contributed by atoms with Gasteiger partial charge in [-0.25, -0.2) is 8.42 Å². The standard InChI is InChI=1S/C17H12BrCl2N3O3S/c18-10-8-15(21-9-10)17(24)22-11-4-6-12(7-5-11)23-27(25,26)16-13(19)2-1-3-14(16)20/h1-9,21,23H,(H,22,24). The molecule has 10 heteroatoms. The number of hydrogen-bond acceptors (Lipinski definition) is 3. The zero-order valence-electron chi connectivity index (χ0n) is 13.5. The SMILES string of the molecule is O=C(Nc1ccc(NS(=O)(=O)c2c(Cl)cccc2Cl)cc1)c1cc(Br)c[nH]1. The largest absolute Gasteiger partial charge is 0.356 e. The van der Waals surface area contributed by atoms with Crippen molar-refractivity contribution >= 4 is 66.4 Å². The molecule has 0 saturated carbocycles. The maximum absolute atomic E-state index is 12.5. The number of anilines is 2. The minimum absolute atomic E-state index is 0.0241. The van der Waals surface area contributed by atoms with Gasteiger partial charge in [0, 0.05) is 22.0 Å². The second-order valence-electron chi connectivity index (χ2n) is 5.42. The van der Waals surface area contributed by atoms with Gasteiger partial charge in [0.15, 0.2) is 0 Å². The average molecular weight is 489 g/mol. The summed E-state index contributed by atoms with van der Waals surface area (Å²) in [6.07, 6.45) is 1.65. The van der Waals surface area contributed by atoms with Crippen LogP contribution in [-0.2, 0) is 10.0 Å². The van der Waals surface area contributed by atoms with Crippen LogP contribution in [0.4, 0.5) is 11.4 Å². The van der Waals surface area contributed by atoms with E-state index in [1.54, 1.807) is 30.5 Å². The van der Waals surface area contributed by atoms with Crippen molar-refractivity contribution in [1.29, 1.82) is 0 Å². The van der Waals surface area contributed by atoms with Gasteiger partial charge in [0.25, 0.3) is 15.9 Å². The van der Waals surface area contributed by atoms with Crippen molar-refractivity contribution in [3.8, 4) is 0 Å². The summed E-state index contributed by atoms with van der Waals surface area (Å²) >= 11 is 15.2. The number of nitrogens with one attached hydrogen (secondary N) is 3. The predicted octanol–water partition coefficient (Wildman–Crippen LogP) is 5.14. The van der Waals surface area contributed by atoms with Crippen molar-refractivity contribution in [3.63, 3.8) is 0 Å². The summed E-state index contributed by atoms with van der Waals surface area (Å²) in [6, 6.07) is 12.3. The molecule has 0 aliphatic heterocycles. The van der Waals surface area contributed by atoms with Gasteiger partial charge in [-0.05, 0) is 58.4 Å². The zero-order chi connectivity index (χ0) is 19.6. The fraction of sp³-hybridized carbons (Fsp3) is 0. The molecule has 0 unspecified atom stereocenters. The number of benzene rings is 2. The first-order valence-electron chi connectivity index (χ1n) is 7.48. The second kappa shape index (κ2) is 7.93. The van der Waals surface area contributed by atoms with Crippen molar-refractivity contribution < 1.29 is 13.2 Å². The van der Waals surface area contributed by atoms with Gasteiger partial charge in [-0.1, -0.05) is 29.3 Å². The molecule has 0 aliphatic carbocycles. The van der Waals surface area contributed by atoms with Crippen LogP contribution in [0.3, 0.4) is 0 Å². The van der Waals surface area contributed by atoms with Crippen LogP contribution in [0.15, 0.2) is 64.1 Å². The van der Waals surface area contributed by atoms with Crippen LogP contribution < -0.4 is 10.0 Å². The van der Waals surface area contributed by atoms with E-state index in [4.69, 9.17) is 23.2 Å². The highest BCUT2D eigenvalue weighted by Crippen LogP contribution is 2.30. The predicted molar refractivity (Wildman–Crippen MR) is 110 cm³/mol. The van der Waals surface area contributed by atoms with E-state index in [1.165, 1.54) is 24.3 Å². The lowest BCUT2D eigenvalue weighted by Gasteiger charge is -2.11. The van der Waals surface area contributed by atoms with E-state index < -0.39 is 10.0 Å². The maximum atomic E-state index is 12.5. The molecule has 0 bridgehead atoms. The zero-order valence-corrected chi connectivity index (χ0v) is 17.4. The summed E-state index contributed by atoms with van der Waals surface area (Å²) in [4.78, 5) is 14.7. The van der Waals surface area contributed by atoms with Gasteiger partial charge < -0.3 is 10.3 Å². The number of rotatable bonds is 5. The van der Waals surface area contributed by atoms with Crippen LogP contribution in [0.25, 0.3) is 0 Å². The van der Waals surface area contributed by atoms with E-state index in [0.29, 0.717) is 17.1 Å². The van der Waals surface area contributed by atoms with Crippen molar-refractivity contribution in [2.45, 2.75) is 4.90 Å². The van der Waals surface area contributed by atoms with Crippen LogP contribution in [0.5, 0.6) is 0 Å². The second-order valence-corrected chi connectivity index (χ2v) is 8.77.